The van der Waals surface area contributed by atoms with Gasteiger partial charge >= 0.3 is 0 Å². The van der Waals surface area contributed by atoms with Gasteiger partial charge in [0.2, 0.25) is 0 Å². The van der Waals surface area contributed by atoms with Gasteiger partial charge in [-0.15, -0.1) is 0 Å². The lowest BCUT2D eigenvalue weighted by Crippen LogP contribution is -2.25. The summed E-state index contributed by atoms with van der Waals surface area (Å²) in [6.07, 6.45) is 3.22. The third-order valence-electron chi connectivity index (χ3n) is 2.34. The Morgan fingerprint density at radius 3 is 2.88 bits per heavy atom. The van der Waals surface area contributed by atoms with Crippen molar-refractivity contribution >= 4 is 22.4 Å². The molecule has 0 amide bonds. The predicted octanol–water partition coefficient (Wildman–Crippen LogP) is 2.37. The van der Waals surface area contributed by atoms with Gasteiger partial charge < -0.3 is 11.1 Å². The molecule has 3 N–H and O–H groups in total. The molecular formula is C12H15FN4. The summed E-state index contributed by atoms with van der Waals surface area (Å²) in [4.78, 5) is 8.38. The Bertz CT molecular complexity index is 534. The van der Waals surface area contributed by atoms with Crippen LogP contribution in [0.5, 0.6) is 0 Å². The normalized spacial score (nSPS) is 11.7. The summed E-state index contributed by atoms with van der Waals surface area (Å²) in [6, 6.07) is 3.64. The van der Waals surface area contributed by atoms with Crippen LogP contribution in [0.2, 0.25) is 0 Å². The Kier molecular flexibility index (Phi) is 2.83. The minimum atomic E-state index is -1.31. The van der Waals surface area contributed by atoms with E-state index < -0.39 is 5.67 Å². The van der Waals surface area contributed by atoms with Crippen LogP contribution >= 0.6 is 0 Å². The fourth-order valence-electron chi connectivity index (χ4n) is 1.52. The molecule has 0 aromatic carbocycles. The molecule has 0 atom stereocenters. The number of pyridine rings is 2. The molecule has 2 aromatic heterocycles. The van der Waals surface area contributed by atoms with Crippen LogP contribution in [0.3, 0.4) is 0 Å². The number of aromatic nitrogens is 2. The van der Waals surface area contributed by atoms with Crippen LogP contribution in [0.4, 0.5) is 15.8 Å². The Balaban J connectivity index is 2.41. The number of halogens is 1. The number of hydrogen-bond acceptors (Lipinski definition) is 4. The summed E-state index contributed by atoms with van der Waals surface area (Å²) >= 11 is 0. The third kappa shape index (κ3) is 2.61. The second-order valence-corrected chi connectivity index (χ2v) is 4.53. The SMILES string of the molecule is CC(C)(F)CNc1c(N)cnc2cccnc12. The average Bonchev–Trinajstić information content (AvgIpc) is 2.26. The van der Waals surface area contributed by atoms with Gasteiger partial charge in [0.1, 0.15) is 11.2 Å². The Morgan fingerprint density at radius 1 is 1.41 bits per heavy atom. The molecule has 2 aromatic rings. The number of nitrogen functional groups attached to an aromatic ring is 1. The first-order valence-corrected chi connectivity index (χ1v) is 5.39. The Labute approximate surface area is 99.1 Å². The topological polar surface area (TPSA) is 63.8 Å². The van der Waals surface area contributed by atoms with E-state index >= 15 is 0 Å². The fraction of sp³-hybridized carbons (Fsp3) is 0.333. The van der Waals surface area contributed by atoms with Gasteiger partial charge in [-0.05, 0) is 26.0 Å². The van der Waals surface area contributed by atoms with Gasteiger partial charge in [0.05, 0.1) is 23.1 Å². The number of rotatable bonds is 3. The van der Waals surface area contributed by atoms with Crippen LogP contribution < -0.4 is 11.1 Å². The zero-order chi connectivity index (χ0) is 12.5. The Morgan fingerprint density at radius 2 is 2.18 bits per heavy atom. The van der Waals surface area contributed by atoms with E-state index in [1.807, 2.05) is 6.07 Å². The smallest absolute Gasteiger partial charge is 0.122 e. The number of nitrogens with two attached hydrogens (primary N) is 1. The maximum atomic E-state index is 13.5. The van der Waals surface area contributed by atoms with Crippen LogP contribution in [-0.4, -0.2) is 22.2 Å². The molecule has 0 bridgehead atoms. The average molecular weight is 234 g/mol. The number of alkyl halides is 1. The van der Waals surface area contributed by atoms with Gasteiger partial charge in [-0.1, -0.05) is 0 Å². The minimum Gasteiger partial charge on any atom is -0.396 e. The molecule has 0 aliphatic rings. The second-order valence-electron chi connectivity index (χ2n) is 4.53. The summed E-state index contributed by atoms with van der Waals surface area (Å²) in [7, 11) is 0. The van der Waals surface area contributed by atoms with Crippen LogP contribution in [0.1, 0.15) is 13.8 Å². The molecule has 5 heteroatoms. The molecular weight excluding hydrogens is 219 g/mol. The first-order chi connectivity index (χ1) is 7.97. The van der Waals surface area contributed by atoms with Crippen molar-refractivity contribution in [1.29, 1.82) is 0 Å². The van der Waals surface area contributed by atoms with E-state index in [0.717, 1.165) is 5.52 Å². The maximum Gasteiger partial charge on any atom is 0.122 e. The van der Waals surface area contributed by atoms with E-state index in [-0.39, 0.29) is 6.54 Å². The van der Waals surface area contributed by atoms with Crippen molar-refractivity contribution in [2.24, 2.45) is 0 Å². The number of nitrogens with one attached hydrogen (secondary N) is 1. The zero-order valence-electron chi connectivity index (χ0n) is 9.87. The summed E-state index contributed by atoms with van der Waals surface area (Å²) in [5, 5.41) is 2.99. The van der Waals surface area contributed by atoms with Gasteiger partial charge in [-0.2, -0.15) is 0 Å². The lowest BCUT2D eigenvalue weighted by Gasteiger charge is -2.17. The van der Waals surface area contributed by atoms with Crippen molar-refractivity contribution < 1.29 is 4.39 Å². The van der Waals surface area contributed by atoms with Gasteiger partial charge in [0, 0.05) is 12.7 Å². The highest BCUT2D eigenvalue weighted by Crippen LogP contribution is 2.26. The molecule has 0 spiro atoms. The van der Waals surface area contributed by atoms with E-state index in [0.29, 0.717) is 16.9 Å². The quantitative estimate of drug-likeness (QED) is 0.855. The molecule has 4 nitrogen and oxygen atoms in total. The molecule has 0 saturated carbocycles. The highest BCUT2D eigenvalue weighted by molar-refractivity contribution is 5.93. The maximum absolute atomic E-state index is 13.5. The number of anilines is 2. The summed E-state index contributed by atoms with van der Waals surface area (Å²) < 4.78 is 13.5. The van der Waals surface area contributed by atoms with Crippen molar-refractivity contribution in [2.75, 3.05) is 17.6 Å². The molecule has 0 fully saturated rings. The molecule has 17 heavy (non-hydrogen) atoms. The van der Waals surface area contributed by atoms with Crippen LogP contribution in [0.25, 0.3) is 11.0 Å². The van der Waals surface area contributed by atoms with Crippen molar-refractivity contribution in [3.8, 4) is 0 Å². The second kappa shape index (κ2) is 4.16. The fourth-order valence-corrected chi connectivity index (χ4v) is 1.52. The predicted molar refractivity (Wildman–Crippen MR) is 67.6 cm³/mol. The van der Waals surface area contributed by atoms with Crippen molar-refractivity contribution in [2.45, 2.75) is 19.5 Å². The summed E-state index contributed by atoms with van der Waals surface area (Å²) in [5.41, 5.74) is 7.03. The summed E-state index contributed by atoms with van der Waals surface area (Å²) in [5.74, 6) is 0. The monoisotopic (exact) mass is 234 g/mol. The molecule has 2 rings (SSSR count). The van der Waals surface area contributed by atoms with E-state index in [1.165, 1.54) is 13.8 Å². The molecule has 0 aliphatic carbocycles. The van der Waals surface area contributed by atoms with Gasteiger partial charge in [0.15, 0.2) is 0 Å². The van der Waals surface area contributed by atoms with Crippen molar-refractivity contribution in [1.82, 2.24) is 9.97 Å². The number of fused-ring (bicyclic) bond motifs is 1. The van der Waals surface area contributed by atoms with Gasteiger partial charge in [-0.25, -0.2) is 4.39 Å². The molecule has 0 radical (unpaired) electrons. The third-order valence-corrected chi connectivity index (χ3v) is 2.34. The molecule has 2 heterocycles. The van der Waals surface area contributed by atoms with E-state index in [1.54, 1.807) is 18.5 Å². The first kappa shape index (κ1) is 11.6. The molecule has 0 aliphatic heterocycles. The molecule has 0 saturated heterocycles. The van der Waals surface area contributed by atoms with Crippen LogP contribution in [-0.2, 0) is 0 Å². The molecule has 0 unspecified atom stereocenters. The first-order valence-electron chi connectivity index (χ1n) is 5.39. The van der Waals surface area contributed by atoms with E-state index in [2.05, 4.69) is 15.3 Å². The number of hydrogen-bond donors (Lipinski definition) is 2. The minimum absolute atomic E-state index is 0.173. The van der Waals surface area contributed by atoms with E-state index in [9.17, 15) is 4.39 Å². The van der Waals surface area contributed by atoms with Gasteiger partial charge in [0.25, 0.3) is 0 Å². The number of nitrogens with zero attached hydrogens (tertiary/aromatic N) is 2. The van der Waals surface area contributed by atoms with Crippen LogP contribution in [0.15, 0.2) is 24.5 Å². The van der Waals surface area contributed by atoms with Gasteiger partial charge in [-0.3, -0.25) is 9.97 Å². The standard InChI is InChI=1S/C12H15FN4/c1-12(2,13)7-17-10-8(14)6-16-9-4-3-5-15-11(9)10/h3-6H,7,14H2,1-2H3,(H,16,17). The van der Waals surface area contributed by atoms with E-state index in [4.69, 9.17) is 5.73 Å². The Hall–Kier alpha value is -1.91. The lowest BCUT2D eigenvalue weighted by molar-refractivity contribution is 0.235. The van der Waals surface area contributed by atoms with Crippen LogP contribution in [0, 0.1) is 0 Å². The largest absolute Gasteiger partial charge is 0.396 e. The molecule has 90 valence electrons. The highest BCUT2D eigenvalue weighted by Gasteiger charge is 2.16. The lowest BCUT2D eigenvalue weighted by atomic mass is 10.1. The van der Waals surface area contributed by atoms with Crippen molar-refractivity contribution in [3.05, 3.63) is 24.5 Å². The van der Waals surface area contributed by atoms with Crippen molar-refractivity contribution in [3.63, 3.8) is 0 Å². The highest BCUT2D eigenvalue weighted by atomic mass is 19.1. The zero-order valence-corrected chi connectivity index (χ0v) is 9.87. The summed E-state index contributed by atoms with van der Waals surface area (Å²) in [6.45, 7) is 3.19.